The molecule has 1 aromatic heterocycles. The molecule has 0 radical (unpaired) electrons. The molecule has 6 nitrogen and oxygen atoms in total. The summed E-state index contributed by atoms with van der Waals surface area (Å²) in [5, 5.41) is 4.17. The quantitative estimate of drug-likeness (QED) is 0.725. The van der Waals surface area contributed by atoms with Crippen LogP contribution in [-0.2, 0) is 9.59 Å². The number of hydrogen-bond acceptors (Lipinski definition) is 3. The van der Waals surface area contributed by atoms with Crippen molar-refractivity contribution in [2.45, 2.75) is 12.5 Å². The maximum atomic E-state index is 12.2. The van der Waals surface area contributed by atoms with E-state index in [9.17, 15) is 9.59 Å². The Morgan fingerprint density at radius 3 is 2.72 bits per heavy atom. The second-order valence-corrected chi connectivity index (χ2v) is 5.06. The van der Waals surface area contributed by atoms with E-state index in [2.05, 4.69) is 5.10 Å². The Kier molecular flexibility index (Phi) is 2.57. The second-order valence-electron chi connectivity index (χ2n) is 5.06. The zero-order valence-corrected chi connectivity index (χ0v) is 10.3. The van der Waals surface area contributed by atoms with Gasteiger partial charge in [0.15, 0.2) is 0 Å². The summed E-state index contributed by atoms with van der Waals surface area (Å²) >= 11 is 0. The highest BCUT2D eigenvalue weighted by molar-refractivity contribution is 5.89. The second kappa shape index (κ2) is 4.12. The maximum absolute atomic E-state index is 12.2. The van der Waals surface area contributed by atoms with Gasteiger partial charge in [0.2, 0.25) is 11.8 Å². The summed E-state index contributed by atoms with van der Waals surface area (Å²) in [4.78, 5) is 27.0. The number of amides is 2. The molecule has 96 valence electrons. The highest BCUT2D eigenvalue weighted by Crippen LogP contribution is 2.25. The molecule has 2 saturated heterocycles. The summed E-state index contributed by atoms with van der Waals surface area (Å²) in [6.07, 6.45) is 4.02. The van der Waals surface area contributed by atoms with Crippen LogP contribution in [0.1, 0.15) is 12.5 Å². The van der Waals surface area contributed by atoms with Crippen LogP contribution in [-0.4, -0.2) is 58.1 Å². The molecule has 0 N–H and O–H groups in total. The van der Waals surface area contributed by atoms with Gasteiger partial charge in [0.05, 0.1) is 12.0 Å². The predicted octanol–water partition coefficient (Wildman–Crippen LogP) is -0.255. The summed E-state index contributed by atoms with van der Waals surface area (Å²) in [5.74, 6) is 0.0228. The van der Waals surface area contributed by atoms with Crippen molar-refractivity contribution in [1.29, 1.82) is 0 Å². The van der Waals surface area contributed by atoms with E-state index in [1.165, 1.54) is 0 Å². The number of nitrogens with zero attached hydrogens (tertiary/aromatic N) is 4. The minimum atomic E-state index is -0.152. The highest BCUT2D eigenvalue weighted by atomic mass is 16.2. The lowest BCUT2D eigenvalue weighted by Gasteiger charge is -2.40. The van der Waals surface area contributed by atoms with Crippen LogP contribution in [0.15, 0.2) is 18.5 Å². The van der Waals surface area contributed by atoms with Crippen LogP contribution in [0.2, 0.25) is 0 Å². The molecule has 1 aromatic rings. The Hall–Kier alpha value is -1.85. The van der Waals surface area contributed by atoms with Gasteiger partial charge in [0.1, 0.15) is 0 Å². The van der Waals surface area contributed by atoms with Crippen molar-refractivity contribution < 1.29 is 9.59 Å². The highest BCUT2D eigenvalue weighted by Gasteiger charge is 2.39. The van der Waals surface area contributed by atoms with E-state index in [-0.39, 0.29) is 17.7 Å². The molecule has 3 heterocycles. The van der Waals surface area contributed by atoms with Crippen molar-refractivity contribution in [2.24, 2.45) is 5.92 Å². The monoisotopic (exact) mass is 248 g/mol. The Labute approximate surface area is 105 Å². The smallest absolute Gasteiger partial charge is 0.228 e. The van der Waals surface area contributed by atoms with Gasteiger partial charge in [0, 0.05) is 45.5 Å². The number of carbonyl (C=O) groups is 2. The third-order valence-corrected chi connectivity index (χ3v) is 3.76. The first kappa shape index (κ1) is 11.3. The zero-order valence-electron chi connectivity index (χ0n) is 10.3. The van der Waals surface area contributed by atoms with Crippen molar-refractivity contribution in [3.05, 3.63) is 18.5 Å². The van der Waals surface area contributed by atoms with E-state index < -0.39 is 0 Å². The lowest BCUT2D eigenvalue weighted by atomic mass is 10.0. The molecule has 2 aliphatic heterocycles. The SMILES string of the molecule is CN1CC(C(=O)N2CC(n3cccn3)C2)CC1=O. The summed E-state index contributed by atoms with van der Waals surface area (Å²) in [5.41, 5.74) is 0. The largest absolute Gasteiger partial charge is 0.345 e. The Bertz CT molecular complexity index is 464. The van der Waals surface area contributed by atoms with Gasteiger partial charge in [-0.25, -0.2) is 0 Å². The lowest BCUT2D eigenvalue weighted by Crippen LogP contribution is -2.53. The standard InChI is InChI=1S/C12H16N4O2/c1-14-6-9(5-11(14)17)12(18)15-7-10(8-15)16-4-2-3-13-16/h2-4,9-10H,5-8H2,1H3. The van der Waals surface area contributed by atoms with E-state index in [0.29, 0.717) is 32.1 Å². The molecular formula is C12H16N4O2. The topological polar surface area (TPSA) is 58.4 Å². The van der Waals surface area contributed by atoms with E-state index in [1.807, 2.05) is 21.8 Å². The molecule has 2 fully saturated rings. The first-order valence-electron chi connectivity index (χ1n) is 6.17. The molecule has 0 spiro atoms. The average Bonchev–Trinajstić information content (AvgIpc) is 2.88. The molecule has 2 amide bonds. The third-order valence-electron chi connectivity index (χ3n) is 3.76. The van der Waals surface area contributed by atoms with Gasteiger partial charge in [-0.05, 0) is 6.07 Å². The normalized spacial score (nSPS) is 24.5. The summed E-state index contributed by atoms with van der Waals surface area (Å²) in [6.45, 7) is 1.96. The lowest BCUT2D eigenvalue weighted by molar-refractivity contribution is -0.141. The van der Waals surface area contributed by atoms with Gasteiger partial charge in [-0.1, -0.05) is 0 Å². The molecule has 3 rings (SSSR count). The molecule has 1 atom stereocenters. The molecule has 0 aliphatic carbocycles. The predicted molar refractivity (Wildman–Crippen MR) is 63.6 cm³/mol. The van der Waals surface area contributed by atoms with Crippen molar-refractivity contribution in [3.63, 3.8) is 0 Å². The molecule has 18 heavy (non-hydrogen) atoms. The van der Waals surface area contributed by atoms with Crippen molar-refractivity contribution in [3.8, 4) is 0 Å². The molecular weight excluding hydrogens is 232 g/mol. The minimum Gasteiger partial charge on any atom is -0.345 e. The number of hydrogen-bond donors (Lipinski definition) is 0. The fourth-order valence-corrected chi connectivity index (χ4v) is 2.59. The Balaban J connectivity index is 1.56. The van der Waals surface area contributed by atoms with Gasteiger partial charge in [-0.2, -0.15) is 5.10 Å². The van der Waals surface area contributed by atoms with Gasteiger partial charge in [0.25, 0.3) is 0 Å². The third kappa shape index (κ3) is 1.77. The Morgan fingerprint density at radius 1 is 1.39 bits per heavy atom. The van der Waals surface area contributed by atoms with E-state index >= 15 is 0 Å². The zero-order chi connectivity index (χ0) is 12.7. The molecule has 0 saturated carbocycles. The van der Waals surface area contributed by atoms with Crippen LogP contribution in [0.4, 0.5) is 0 Å². The maximum Gasteiger partial charge on any atom is 0.228 e. The fourth-order valence-electron chi connectivity index (χ4n) is 2.59. The number of likely N-dealkylation sites (tertiary alicyclic amines) is 2. The van der Waals surface area contributed by atoms with Crippen molar-refractivity contribution in [1.82, 2.24) is 19.6 Å². The summed E-state index contributed by atoms with van der Waals surface area (Å²) < 4.78 is 1.88. The first-order chi connectivity index (χ1) is 8.65. The van der Waals surface area contributed by atoms with Crippen LogP contribution < -0.4 is 0 Å². The number of aromatic nitrogens is 2. The number of carbonyl (C=O) groups excluding carboxylic acids is 2. The van der Waals surface area contributed by atoms with Crippen LogP contribution in [0.5, 0.6) is 0 Å². The van der Waals surface area contributed by atoms with Crippen LogP contribution in [0, 0.1) is 5.92 Å². The van der Waals surface area contributed by atoms with E-state index in [1.54, 1.807) is 18.1 Å². The van der Waals surface area contributed by atoms with Crippen molar-refractivity contribution in [2.75, 3.05) is 26.7 Å². The molecule has 2 aliphatic rings. The van der Waals surface area contributed by atoms with Crippen LogP contribution >= 0.6 is 0 Å². The van der Waals surface area contributed by atoms with E-state index in [0.717, 1.165) is 0 Å². The van der Waals surface area contributed by atoms with Gasteiger partial charge in [-0.3, -0.25) is 14.3 Å². The fraction of sp³-hybridized carbons (Fsp3) is 0.583. The molecule has 1 unspecified atom stereocenters. The minimum absolute atomic E-state index is 0.0671. The van der Waals surface area contributed by atoms with Gasteiger partial charge >= 0.3 is 0 Å². The van der Waals surface area contributed by atoms with Crippen LogP contribution in [0.25, 0.3) is 0 Å². The van der Waals surface area contributed by atoms with E-state index in [4.69, 9.17) is 0 Å². The number of rotatable bonds is 2. The summed E-state index contributed by atoms with van der Waals surface area (Å²) in [7, 11) is 1.75. The molecule has 0 aromatic carbocycles. The van der Waals surface area contributed by atoms with Gasteiger partial charge in [-0.15, -0.1) is 0 Å². The van der Waals surface area contributed by atoms with Gasteiger partial charge < -0.3 is 9.80 Å². The van der Waals surface area contributed by atoms with Crippen LogP contribution in [0.3, 0.4) is 0 Å². The average molecular weight is 248 g/mol. The summed E-state index contributed by atoms with van der Waals surface area (Å²) in [6, 6.07) is 2.17. The first-order valence-corrected chi connectivity index (χ1v) is 6.17. The Morgan fingerprint density at radius 2 is 2.17 bits per heavy atom. The molecule has 0 bridgehead atoms. The molecule has 6 heteroatoms. The van der Waals surface area contributed by atoms with Crippen molar-refractivity contribution >= 4 is 11.8 Å².